The SMILES string of the molecule is C=N/C=C\N(Cc1ccc(CC)cc1)c1c(C(C)C)cccc1C(C)C. The molecule has 0 N–H and O–H groups in total. The summed E-state index contributed by atoms with van der Waals surface area (Å²) < 4.78 is 0. The zero-order chi connectivity index (χ0) is 19.1. The maximum Gasteiger partial charge on any atom is 0.0480 e. The largest absolute Gasteiger partial charge is 0.342 e. The first kappa shape index (κ1) is 20.0. The van der Waals surface area contributed by atoms with Crippen molar-refractivity contribution in [3.8, 4) is 0 Å². The summed E-state index contributed by atoms with van der Waals surface area (Å²) in [5.41, 5.74) is 6.71. The van der Waals surface area contributed by atoms with E-state index in [-0.39, 0.29) is 0 Å². The van der Waals surface area contributed by atoms with Gasteiger partial charge < -0.3 is 4.90 Å². The van der Waals surface area contributed by atoms with Gasteiger partial charge in [-0.1, -0.05) is 77.1 Å². The van der Waals surface area contributed by atoms with Crippen LogP contribution in [-0.4, -0.2) is 6.72 Å². The van der Waals surface area contributed by atoms with Gasteiger partial charge in [0.2, 0.25) is 0 Å². The monoisotopic (exact) mass is 348 g/mol. The van der Waals surface area contributed by atoms with Crippen molar-refractivity contribution in [3.05, 3.63) is 77.1 Å². The highest BCUT2D eigenvalue weighted by Crippen LogP contribution is 2.36. The number of anilines is 1. The van der Waals surface area contributed by atoms with Crippen molar-refractivity contribution in [2.75, 3.05) is 4.90 Å². The molecule has 0 heterocycles. The Morgan fingerprint density at radius 1 is 0.923 bits per heavy atom. The lowest BCUT2D eigenvalue weighted by Gasteiger charge is -2.29. The lowest BCUT2D eigenvalue weighted by Crippen LogP contribution is -2.20. The van der Waals surface area contributed by atoms with Gasteiger partial charge in [-0.3, -0.25) is 4.99 Å². The molecule has 0 saturated carbocycles. The summed E-state index contributed by atoms with van der Waals surface area (Å²) in [7, 11) is 0. The van der Waals surface area contributed by atoms with Crippen LogP contribution in [0.25, 0.3) is 0 Å². The van der Waals surface area contributed by atoms with Crippen molar-refractivity contribution in [1.82, 2.24) is 0 Å². The number of aryl methyl sites for hydroxylation is 1. The first-order chi connectivity index (χ1) is 12.5. The van der Waals surface area contributed by atoms with Crippen molar-refractivity contribution < 1.29 is 0 Å². The normalized spacial score (nSPS) is 11.5. The molecule has 0 unspecified atom stereocenters. The fraction of sp³-hybridized carbons (Fsp3) is 0.375. The molecule has 2 heteroatoms. The van der Waals surface area contributed by atoms with E-state index in [1.54, 1.807) is 6.20 Å². The maximum absolute atomic E-state index is 3.95. The van der Waals surface area contributed by atoms with Gasteiger partial charge in [-0.15, -0.1) is 0 Å². The van der Waals surface area contributed by atoms with Crippen LogP contribution in [0.3, 0.4) is 0 Å². The molecule has 0 fully saturated rings. The quantitative estimate of drug-likeness (QED) is 0.486. The van der Waals surface area contributed by atoms with E-state index in [4.69, 9.17) is 0 Å². The predicted molar refractivity (Wildman–Crippen MR) is 115 cm³/mol. The van der Waals surface area contributed by atoms with E-state index in [2.05, 4.69) is 93.7 Å². The molecule has 2 nitrogen and oxygen atoms in total. The molecule has 0 aliphatic heterocycles. The summed E-state index contributed by atoms with van der Waals surface area (Å²) in [5, 5.41) is 0. The fourth-order valence-corrected chi connectivity index (χ4v) is 3.25. The second-order valence-corrected chi connectivity index (χ2v) is 7.37. The van der Waals surface area contributed by atoms with Gasteiger partial charge >= 0.3 is 0 Å². The summed E-state index contributed by atoms with van der Waals surface area (Å²) in [4.78, 5) is 6.27. The second-order valence-electron chi connectivity index (χ2n) is 7.37. The molecule has 0 amide bonds. The maximum atomic E-state index is 3.95. The number of benzene rings is 2. The van der Waals surface area contributed by atoms with Gasteiger partial charge in [0.25, 0.3) is 0 Å². The van der Waals surface area contributed by atoms with Crippen LogP contribution < -0.4 is 4.90 Å². The summed E-state index contributed by atoms with van der Waals surface area (Å²) >= 11 is 0. The number of nitrogens with zero attached hydrogens (tertiary/aromatic N) is 2. The molecule has 0 radical (unpaired) electrons. The van der Waals surface area contributed by atoms with E-state index >= 15 is 0 Å². The van der Waals surface area contributed by atoms with Gasteiger partial charge in [0.05, 0.1) is 0 Å². The summed E-state index contributed by atoms with van der Waals surface area (Å²) in [6.07, 6.45) is 4.90. The minimum absolute atomic E-state index is 0.457. The molecule has 26 heavy (non-hydrogen) atoms. The van der Waals surface area contributed by atoms with Gasteiger partial charge in [-0.05, 0) is 47.2 Å². The highest BCUT2D eigenvalue weighted by molar-refractivity contribution is 5.64. The standard InChI is InChI=1S/C24H32N2/c1-7-20-11-13-21(14-12-20)17-26(16-15-25-6)24-22(18(2)3)9-8-10-23(24)19(4)5/h8-16,18-19H,6-7,17H2,1-5H3/b16-15-. The van der Waals surface area contributed by atoms with Crippen LogP contribution in [0.4, 0.5) is 5.69 Å². The molecule has 0 bridgehead atoms. The first-order valence-electron chi connectivity index (χ1n) is 9.57. The second kappa shape index (κ2) is 9.38. The minimum Gasteiger partial charge on any atom is -0.342 e. The van der Waals surface area contributed by atoms with Gasteiger partial charge in [0, 0.05) is 24.6 Å². The van der Waals surface area contributed by atoms with Crippen LogP contribution in [0.1, 0.15) is 68.7 Å². The third kappa shape index (κ3) is 4.85. The Labute approximate surface area is 159 Å². The minimum atomic E-state index is 0.457. The van der Waals surface area contributed by atoms with Gasteiger partial charge in [0.1, 0.15) is 0 Å². The van der Waals surface area contributed by atoms with Gasteiger partial charge in [0.15, 0.2) is 0 Å². The Balaban J connectivity index is 2.51. The van der Waals surface area contributed by atoms with Crippen LogP contribution >= 0.6 is 0 Å². The van der Waals surface area contributed by atoms with Gasteiger partial charge in [-0.2, -0.15) is 0 Å². The van der Waals surface area contributed by atoms with Crippen molar-refractivity contribution in [3.63, 3.8) is 0 Å². The van der Waals surface area contributed by atoms with Crippen LogP contribution in [-0.2, 0) is 13.0 Å². The van der Waals surface area contributed by atoms with Crippen LogP contribution in [0.15, 0.2) is 59.9 Å². The number of hydrogen-bond donors (Lipinski definition) is 0. The van der Waals surface area contributed by atoms with E-state index in [1.165, 1.54) is 27.9 Å². The highest BCUT2D eigenvalue weighted by Gasteiger charge is 2.18. The summed E-state index contributed by atoms with van der Waals surface area (Å²) in [5.74, 6) is 0.914. The summed E-state index contributed by atoms with van der Waals surface area (Å²) in [6.45, 7) is 15.6. The van der Waals surface area contributed by atoms with E-state index in [0.29, 0.717) is 11.8 Å². The number of aliphatic imine (C=N–C) groups is 1. The number of hydrogen-bond acceptors (Lipinski definition) is 2. The molecule has 0 atom stereocenters. The van der Waals surface area contributed by atoms with E-state index in [9.17, 15) is 0 Å². The van der Waals surface area contributed by atoms with Crippen LogP contribution in [0.5, 0.6) is 0 Å². The summed E-state index contributed by atoms with van der Waals surface area (Å²) in [6, 6.07) is 15.6. The molecule has 0 aromatic heterocycles. The smallest absolute Gasteiger partial charge is 0.0480 e. The molecule has 138 valence electrons. The Hall–Kier alpha value is -2.35. The predicted octanol–water partition coefficient (Wildman–Crippen LogP) is 6.67. The molecular weight excluding hydrogens is 316 g/mol. The van der Waals surface area contributed by atoms with Crippen molar-refractivity contribution in [2.24, 2.45) is 4.99 Å². The Bertz CT molecular complexity index is 713. The number of para-hydroxylation sites is 1. The zero-order valence-corrected chi connectivity index (χ0v) is 16.9. The average molecular weight is 349 g/mol. The van der Waals surface area contributed by atoms with E-state index < -0.39 is 0 Å². The first-order valence-corrected chi connectivity index (χ1v) is 9.57. The van der Waals surface area contributed by atoms with E-state index in [0.717, 1.165) is 13.0 Å². The molecule has 0 aliphatic carbocycles. The van der Waals surface area contributed by atoms with Gasteiger partial charge in [-0.25, -0.2) is 0 Å². The zero-order valence-electron chi connectivity index (χ0n) is 16.9. The lowest BCUT2D eigenvalue weighted by molar-refractivity contribution is 0.810. The third-order valence-electron chi connectivity index (χ3n) is 4.77. The molecular formula is C24H32N2. The Kier molecular flexibility index (Phi) is 7.20. The Morgan fingerprint density at radius 2 is 1.46 bits per heavy atom. The lowest BCUT2D eigenvalue weighted by atomic mass is 9.91. The Morgan fingerprint density at radius 3 is 1.92 bits per heavy atom. The third-order valence-corrected chi connectivity index (χ3v) is 4.77. The van der Waals surface area contributed by atoms with Crippen LogP contribution in [0, 0.1) is 0 Å². The topological polar surface area (TPSA) is 15.6 Å². The van der Waals surface area contributed by atoms with Crippen LogP contribution in [0.2, 0.25) is 0 Å². The molecule has 0 aliphatic rings. The molecule has 0 spiro atoms. The fourth-order valence-electron chi connectivity index (χ4n) is 3.25. The number of rotatable bonds is 8. The molecule has 2 aromatic rings. The van der Waals surface area contributed by atoms with Crippen molar-refractivity contribution >= 4 is 12.4 Å². The average Bonchev–Trinajstić information content (AvgIpc) is 2.64. The molecule has 2 rings (SSSR count). The van der Waals surface area contributed by atoms with Crippen molar-refractivity contribution in [2.45, 2.75) is 59.4 Å². The molecule has 0 saturated heterocycles. The highest BCUT2D eigenvalue weighted by atomic mass is 15.1. The molecule has 2 aromatic carbocycles. The van der Waals surface area contributed by atoms with E-state index in [1.807, 2.05) is 6.20 Å². The van der Waals surface area contributed by atoms with Crippen molar-refractivity contribution in [1.29, 1.82) is 0 Å².